The van der Waals surface area contributed by atoms with Gasteiger partial charge in [-0.1, -0.05) is 26.0 Å². The minimum Gasteiger partial charge on any atom is -0.504 e. The second kappa shape index (κ2) is 6.12. The van der Waals surface area contributed by atoms with Gasteiger partial charge < -0.3 is 20.9 Å². The van der Waals surface area contributed by atoms with Crippen LogP contribution in [0.1, 0.15) is 43.7 Å². The molecule has 4 rings (SSSR count). The number of benzene rings is 1. The molecular weight excluding hydrogens is 360 g/mol. The molecule has 2 heterocycles. The summed E-state index contributed by atoms with van der Waals surface area (Å²) < 4.78 is 5.22. The van der Waals surface area contributed by atoms with Crippen molar-refractivity contribution in [3.05, 3.63) is 50.9 Å². The van der Waals surface area contributed by atoms with Crippen LogP contribution in [0, 0.1) is 5.41 Å². The highest BCUT2D eigenvalue weighted by atomic mass is 16.5. The largest absolute Gasteiger partial charge is 0.504 e. The lowest BCUT2D eigenvalue weighted by atomic mass is 9.69. The van der Waals surface area contributed by atoms with E-state index in [4.69, 9.17) is 10.5 Å². The summed E-state index contributed by atoms with van der Waals surface area (Å²) in [5.41, 5.74) is 6.91. The first kappa shape index (κ1) is 18.1. The highest BCUT2D eigenvalue weighted by Crippen LogP contribution is 2.50. The Kier molecular flexibility index (Phi) is 3.95. The number of hydrogen-bond acceptors (Lipinski definition) is 7. The first-order chi connectivity index (χ1) is 13.2. The molecule has 0 spiro atoms. The minimum absolute atomic E-state index is 0.0182. The molecule has 5 N–H and O–H groups in total. The van der Waals surface area contributed by atoms with Gasteiger partial charge in [0.25, 0.3) is 5.56 Å². The summed E-state index contributed by atoms with van der Waals surface area (Å²) in [6.07, 6.45) is 0.966. The molecule has 1 atom stereocenters. The van der Waals surface area contributed by atoms with Crippen LogP contribution in [0.25, 0.3) is 0 Å². The maximum absolute atomic E-state index is 13.1. The number of nitrogens with zero attached hydrogens (tertiary/aromatic N) is 1. The Labute approximate surface area is 161 Å². The monoisotopic (exact) mass is 382 g/mol. The predicted octanol–water partition coefficient (Wildman–Crippen LogP) is 2.27. The van der Waals surface area contributed by atoms with Gasteiger partial charge in [0.05, 0.1) is 18.6 Å². The van der Waals surface area contributed by atoms with Gasteiger partial charge >= 0.3 is 0 Å². The van der Waals surface area contributed by atoms with E-state index in [9.17, 15) is 14.7 Å². The van der Waals surface area contributed by atoms with Crippen LogP contribution in [0.4, 0.5) is 11.8 Å². The fraction of sp³-hybridized carbons (Fsp3) is 0.350. The van der Waals surface area contributed by atoms with Gasteiger partial charge in [0.2, 0.25) is 5.95 Å². The molecule has 0 fully saturated rings. The standard InChI is InChI=1S/C20H22N4O4/c1-20(2)7-10-14(11(25)8-20)13(9-5-4-6-12(28-3)16(9)26)15-17(22-10)23-19(21)24-18(15)27/h4-6,13,26H,7-8H2,1-3H3,(H4,21,22,23,24,27). The van der Waals surface area contributed by atoms with Crippen LogP contribution in [-0.4, -0.2) is 28.0 Å². The number of aromatic nitrogens is 2. The van der Waals surface area contributed by atoms with E-state index in [0.29, 0.717) is 35.5 Å². The summed E-state index contributed by atoms with van der Waals surface area (Å²) in [4.78, 5) is 32.6. The number of para-hydroxylation sites is 1. The van der Waals surface area contributed by atoms with Crippen molar-refractivity contribution in [3.8, 4) is 11.5 Å². The molecule has 0 bridgehead atoms. The third-order valence-corrected chi connectivity index (χ3v) is 5.30. The van der Waals surface area contributed by atoms with Crippen LogP contribution in [0.2, 0.25) is 0 Å². The van der Waals surface area contributed by atoms with Crippen molar-refractivity contribution < 1.29 is 14.6 Å². The van der Waals surface area contributed by atoms with Crippen molar-refractivity contribution in [1.29, 1.82) is 0 Å². The minimum atomic E-state index is -0.762. The lowest BCUT2D eigenvalue weighted by molar-refractivity contribution is -0.118. The topological polar surface area (TPSA) is 130 Å². The lowest BCUT2D eigenvalue weighted by Gasteiger charge is -2.38. The summed E-state index contributed by atoms with van der Waals surface area (Å²) in [6, 6.07) is 5.02. The number of allylic oxidation sites excluding steroid dienone is 2. The highest BCUT2D eigenvalue weighted by Gasteiger charge is 2.43. The number of nitrogens with two attached hydrogens (primary N) is 1. The Bertz CT molecular complexity index is 1080. The molecule has 0 saturated heterocycles. The number of anilines is 2. The normalized spacial score (nSPS) is 20.2. The number of nitrogen functional groups attached to an aromatic ring is 1. The number of carbonyl (C=O) groups is 1. The number of Topliss-reactive ketones (excluding diaryl/α,β-unsaturated/α-hetero) is 1. The van der Waals surface area contributed by atoms with Gasteiger partial charge in [-0.2, -0.15) is 4.98 Å². The number of rotatable bonds is 2. The number of aromatic amines is 1. The molecule has 1 aromatic carbocycles. The Balaban J connectivity index is 2.03. The van der Waals surface area contributed by atoms with Crippen LogP contribution < -0.4 is 21.3 Å². The molecule has 146 valence electrons. The Morgan fingerprint density at radius 3 is 2.75 bits per heavy atom. The first-order valence-corrected chi connectivity index (χ1v) is 9.00. The molecular formula is C20H22N4O4. The Morgan fingerprint density at radius 2 is 2.04 bits per heavy atom. The van der Waals surface area contributed by atoms with E-state index in [0.717, 1.165) is 0 Å². The number of hydrogen-bond donors (Lipinski definition) is 4. The number of H-pyrrole nitrogens is 1. The van der Waals surface area contributed by atoms with E-state index in [-0.39, 0.29) is 34.2 Å². The number of methoxy groups -OCH3 is 1. The number of ketones is 1. The average molecular weight is 382 g/mol. The number of phenols is 1. The molecule has 8 nitrogen and oxygen atoms in total. The van der Waals surface area contributed by atoms with E-state index in [1.54, 1.807) is 18.2 Å². The summed E-state index contributed by atoms with van der Waals surface area (Å²) in [5, 5.41) is 13.9. The van der Waals surface area contributed by atoms with Crippen LogP contribution in [0.5, 0.6) is 11.5 Å². The number of phenolic OH excluding ortho intramolecular Hbond substituents is 1. The third-order valence-electron chi connectivity index (χ3n) is 5.30. The molecule has 2 aliphatic rings. The highest BCUT2D eigenvalue weighted by molar-refractivity contribution is 6.01. The van der Waals surface area contributed by atoms with Gasteiger partial charge in [0.1, 0.15) is 5.82 Å². The van der Waals surface area contributed by atoms with E-state index < -0.39 is 11.5 Å². The quantitative estimate of drug-likeness (QED) is 0.627. The summed E-state index contributed by atoms with van der Waals surface area (Å²) in [5.74, 6) is -0.380. The molecule has 28 heavy (non-hydrogen) atoms. The molecule has 8 heteroatoms. The molecule has 0 saturated carbocycles. The van der Waals surface area contributed by atoms with Crippen molar-refractivity contribution in [1.82, 2.24) is 9.97 Å². The average Bonchev–Trinajstić information content (AvgIpc) is 2.59. The van der Waals surface area contributed by atoms with E-state index in [2.05, 4.69) is 15.3 Å². The molecule has 0 radical (unpaired) electrons. The SMILES string of the molecule is COc1cccc(C2C3=C(CC(C)(C)CC3=O)Nc3nc(N)[nH]c(=O)c32)c1O. The zero-order valence-corrected chi connectivity index (χ0v) is 15.9. The first-order valence-electron chi connectivity index (χ1n) is 9.00. The van der Waals surface area contributed by atoms with Crippen LogP contribution >= 0.6 is 0 Å². The van der Waals surface area contributed by atoms with Crippen molar-refractivity contribution in [2.75, 3.05) is 18.2 Å². The number of ether oxygens (including phenoxy) is 1. The van der Waals surface area contributed by atoms with Crippen molar-refractivity contribution in [3.63, 3.8) is 0 Å². The fourth-order valence-corrected chi connectivity index (χ4v) is 4.18. The van der Waals surface area contributed by atoms with E-state index in [1.165, 1.54) is 7.11 Å². The van der Waals surface area contributed by atoms with Crippen LogP contribution in [0.3, 0.4) is 0 Å². The third kappa shape index (κ3) is 2.72. The number of carbonyl (C=O) groups excluding carboxylic acids is 1. The second-order valence-corrected chi connectivity index (χ2v) is 8.00. The maximum atomic E-state index is 13.1. The zero-order valence-electron chi connectivity index (χ0n) is 15.9. The predicted molar refractivity (Wildman–Crippen MR) is 104 cm³/mol. The van der Waals surface area contributed by atoms with Crippen LogP contribution in [-0.2, 0) is 4.79 Å². The zero-order chi connectivity index (χ0) is 20.2. The molecule has 0 amide bonds. The van der Waals surface area contributed by atoms with Gasteiger partial charge in [-0.3, -0.25) is 14.6 Å². The summed E-state index contributed by atoms with van der Waals surface area (Å²) in [6.45, 7) is 4.03. The molecule has 2 aromatic rings. The van der Waals surface area contributed by atoms with Gasteiger partial charge in [0, 0.05) is 23.3 Å². The maximum Gasteiger partial charge on any atom is 0.258 e. The molecule has 1 aliphatic carbocycles. The van der Waals surface area contributed by atoms with E-state index in [1.807, 2.05) is 13.8 Å². The Hall–Kier alpha value is -3.29. The van der Waals surface area contributed by atoms with Gasteiger partial charge in [-0.15, -0.1) is 0 Å². The fourth-order valence-electron chi connectivity index (χ4n) is 4.18. The number of aromatic hydroxyl groups is 1. The van der Waals surface area contributed by atoms with Crippen LogP contribution in [0.15, 0.2) is 34.3 Å². The second-order valence-electron chi connectivity index (χ2n) is 8.00. The molecule has 1 unspecified atom stereocenters. The van der Waals surface area contributed by atoms with Gasteiger partial charge in [-0.05, 0) is 17.9 Å². The number of nitrogens with one attached hydrogen (secondary N) is 2. The summed E-state index contributed by atoms with van der Waals surface area (Å²) >= 11 is 0. The van der Waals surface area contributed by atoms with Crippen molar-refractivity contribution in [2.45, 2.75) is 32.6 Å². The van der Waals surface area contributed by atoms with Gasteiger partial charge in [0.15, 0.2) is 17.3 Å². The molecule has 1 aliphatic heterocycles. The van der Waals surface area contributed by atoms with E-state index >= 15 is 0 Å². The molecule has 1 aromatic heterocycles. The van der Waals surface area contributed by atoms with Gasteiger partial charge in [-0.25, -0.2) is 0 Å². The number of fused-ring (bicyclic) bond motifs is 1. The lowest BCUT2D eigenvalue weighted by Crippen LogP contribution is -2.37. The smallest absolute Gasteiger partial charge is 0.258 e. The van der Waals surface area contributed by atoms with Crippen molar-refractivity contribution >= 4 is 17.5 Å². The summed E-state index contributed by atoms with van der Waals surface area (Å²) in [7, 11) is 1.45. The van der Waals surface area contributed by atoms with Crippen molar-refractivity contribution in [2.24, 2.45) is 5.41 Å². The Morgan fingerprint density at radius 1 is 1.29 bits per heavy atom.